The standard InChI is InChI=1S/C28H22F5N3OS/c1-15-18(13-19-20(28(31,32)33)10-5-11-21(19)29)27-36(26(37)23(15)17-9-6-12-35-25(17)30)22(14-38-27)24(34)16-7-3-2-4-8-16/h2-12,22,24H,13-14,34H2,1H3/t22-,24?/m0/s1. The average molecular weight is 544 g/mol. The second kappa shape index (κ2) is 9.99. The van der Waals surface area contributed by atoms with E-state index in [-0.39, 0.29) is 16.7 Å². The highest BCUT2D eigenvalue weighted by Gasteiger charge is 2.38. The first-order valence-electron chi connectivity index (χ1n) is 11.8. The molecule has 2 aromatic heterocycles. The van der Waals surface area contributed by atoms with Crippen LogP contribution < -0.4 is 11.3 Å². The Bertz CT molecular complexity index is 1570. The van der Waals surface area contributed by atoms with Crippen molar-refractivity contribution in [2.45, 2.75) is 36.6 Å². The Hall–Kier alpha value is -3.50. The van der Waals surface area contributed by atoms with Crippen LogP contribution in [0.3, 0.4) is 0 Å². The van der Waals surface area contributed by atoms with Gasteiger partial charge in [-0.05, 0) is 47.9 Å². The van der Waals surface area contributed by atoms with Gasteiger partial charge in [-0.25, -0.2) is 9.37 Å². The summed E-state index contributed by atoms with van der Waals surface area (Å²) in [5.74, 6) is -1.55. The zero-order valence-electron chi connectivity index (χ0n) is 20.1. The molecule has 1 aliphatic rings. The molecule has 0 saturated carbocycles. The van der Waals surface area contributed by atoms with Gasteiger partial charge in [0.15, 0.2) is 0 Å². The van der Waals surface area contributed by atoms with Gasteiger partial charge < -0.3 is 5.73 Å². The van der Waals surface area contributed by atoms with E-state index in [1.165, 1.54) is 34.7 Å². The van der Waals surface area contributed by atoms with Crippen LogP contribution in [0.5, 0.6) is 0 Å². The Morgan fingerprint density at radius 2 is 1.79 bits per heavy atom. The summed E-state index contributed by atoms with van der Waals surface area (Å²) in [5, 5.41) is 0.397. The van der Waals surface area contributed by atoms with E-state index < -0.39 is 53.1 Å². The number of nitrogens with two attached hydrogens (primary N) is 1. The molecule has 2 atom stereocenters. The molecular formula is C28H22F5N3OS. The number of nitrogens with zero attached hydrogens (tertiary/aromatic N) is 2. The minimum absolute atomic E-state index is 0.0352. The van der Waals surface area contributed by atoms with Crippen molar-refractivity contribution in [3.05, 3.63) is 117 Å². The fourth-order valence-corrected chi connectivity index (χ4v) is 6.41. The molecule has 5 rings (SSSR count). The number of hydrogen-bond acceptors (Lipinski definition) is 4. The number of benzene rings is 2. The molecule has 3 heterocycles. The van der Waals surface area contributed by atoms with Crippen LogP contribution in [0.2, 0.25) is 0 Å². The first-order valence-corrected chi connectivity index (χ1v) is 12.7. The zero-order chi connectivity index (χ0) is 27.2. The van der Waals surface area contributed by atoms with Crippen LogP contribution in [-0.2, 0) is 12.6 Å². The molecule has 0 radical (unpaired) electrons. The predicted molar refractivity (Wildman–Crippen MR) is 136 cm³/mol. The number of aromatic nitrogens is 2. The maximum absolute atomic E-state index is 14.9. The minimum atomic E-state index is -4.79. The van der Waals surface area contributed by atoms with Gasteiger partial charge in [0, 0.05) is 29.5 Å². The van der Waals surface area contributed by atoms with Crippen LogP contribution in [0.4, 0.5) is 22.0 Å². The van der Waals surface area contributed by atoms with E-state index in [0.29, 0.717) is 16.3 Å². The number of halogens is 5. The lowest BCUT2D eigenvalue weighted by Gasteiger charge is -2.25. The fourth-order valence-electron chi connectivity index (χ4n) is 4.97. The lowest BCUT2D eigenvalue weighted by molar-refractivity contribution is -0.138. The number of pyridine rings is 2. The highest BCUT2D eigenvalue weighted by Crippen LogP contribution is 2.44. The van der Waals surface area contributed by atoms with E-state index in [9.17, 15) is 26.7 Å². The number of alkyl halides is 3. The van der Waals surface area contributed by atoms with Gasteiger partial charge in [0.1, 0.15) is 5.82 Å². The fraction of sp³-hybridized carbons (Fsp3) is 0.214. The van der Waals surface area contributed by atoms with Crippen molar-refractivity contribution in [1.82, 2.24) is 9.55 Å². The topological polar surface area (TPSA) is 60.9 Å². The first-order chi connectivity index (χ1) is 18.1. The quantitative estimate of drug-likeness (QED) is 0.232. The summed E-state index contributed by atoms with van der Waals surface area (Å²) in [6.45, 7) is 1.54. The zero-order valence-corrected chi connectivity index (χ0v) is 20.9. The number of thioether (sulfide) groups is 1. The molecule has 196 valence electrons. The Morgan fingerprint density at radius 3 is 2.47 bits per heavy atom. The van der Waals surface area contributed by atoms with Gasteiger partial charge in [-0.1, -0.05) is 36.4 Å². The van der Waals surface area contributed by atoms with Crippen LogP contribution in [-0.4, -0.2) is 15.3 Å². The van der Waals surface area contributed by atoms with Crippen LogP contribution in [0.1, 0.15) is 39.9 Å². The molecular weight excluding hydrogens is 521 g/mol. The Morgan fingerprint density at radius 1 is 1.05 bits per heavy atom. The summed E-state index contributed by atoms with van der Waals surface area (Å²) in [6.07, 6.45) is -4.00. The van der Waals surface area contributed by atoms with Crippen molar-refractivity contribution in [1.29, 1.82) is 0 Å². The van der Waals surface area contributed by atoms with Crippen molar-refractivity contribution in [3.8, 4) is 11.1 Å². The molecule has 0 aliphatic carbocycles. The van der Waals surface area contributed by atoms with Crippen LogP contribution in [0.15, 0.2) is 76.7 Å². The first kappa shape index (κ1) is 26.1. The predicted octanol–water partition coefficient (Wildman–Crippen LogP) is 6.45. The molecule has 38 heavy (non-hydrogen) atoms. The molecule has 1 unspecified atom stereocenters. The highest BCUT2D eigenvalue weighted by molar-refractivity contribution is 7.99. The summed E-state index contributed by atoms with van der Waals surface area (Å²) >= 11 is 1.27. The van der Waals surface area contributed by atoms with E-state index in [1.54, 1.807) is 6.92 Å². The van der Waals surface area contributed by atoms with E-state index in [4.69, 9.17) is 5.73 Å². The van der Waals surface area contributed by atoms with Gasteiger partial charge in [0.2, 0.25) is 5.95 Å². The molecule has 0 fully saturated rings. The third-order valence-electron chi connectivity index (χ3n) is 6.86. The van der Waals surface area contributed by atoms with Crippen LogP contribution in [0.25, 0.3) is 11.1 Å². The van der Waals surface area contributed by atoms with Crippen LogP contribution in [0, 0.1) is 18.7 Å². The number of hydrogen-bond donors (Lipinski definition) is 1. The highest BCUT2D eigenvalue weighted by atomic mass is 32.2. The maximum atomic E-state index is 14.9. The summed E-state index contributed by atoms with van der Waals surface area (Å²) in [5.41, 5.74) is 5.64. The monoisotopic (exact) mass is 543 g/mol. The molecule has 0 saturated heterocycles. The van der Waals surface area contributed by atoms with E-state index in [0.717, 1.165) is 23.8 Å². The van der Waals surface area contributed by atoms with Gasteiger partial charge in [-0.2, -0.15) is 17.6 Å². The van der Waals surface area contributed by atoms with E-state index in [1.807, 2.05) is 30.3 Å². The smallest absolute Gasteiger partial charge is 0.322 e. The second-order valence-electron chi connectivity index (χ2n) is 9.06. The van der Waals surface area contributed by atoms with Gasteiger partial charge in [0.25, 0.3) is 5.56 Å². The van der Waals surface area contributed by atoms with Gasteiger partial charge >= 0.3 is 6.18 Å². The lowest BCUT2D eigenvalue weighted by atomic mass is 9.92. The number of rotatable bonds is 5. The Kier molecular flexibility index (Phi) is 6.87. The SMILES string of the molecule is Cc1c(Cc2c(F)cccc2C(F)(F)F)c2n(c(=O)c1-c1cccnc1F)[C@H](C(N)c1ccccc1)CS2. The molecule has 0 spiro atoms. The molecule has 2 aromatic carbocycles. The van der Waals surface area contributed by atoms with Gasteiger partial charge in [-0.15, -0.1) is 11.8 Å². The lowest BCUT2D eigenvalue weighted by Crippen LogP contribution is -2.33. The third kappa shape index (κ3) is 4.52. The molecule has 1 aliphatic heterocycles. The van der Waals surface area contributed by atoms with Crippen molar-refractivity contribution in [2.24, 2.45) is 5.73 Å². The minimum Gasteiger partial charge on any atom is -0.322 e. The Balaban J connectivity index is 1.77. The normalized spacial score (nSPS) is 15.9. The van der Waals surface area contributed by atoms with Gasteiger partial charge in [0.05, 0.1) is 28.2 Å². The Labute approximate surface area is 219 Å². The summed E-state index contributed by atoms with van der Waals surface area (Å²) in [7, 11) is 0. The second-order valence-corrected chi connectivity index (χ2v) is 10.1. The number of fused-ring (bicyclic) bond motifs is 1. The average Bonchev–Trinajstić information content (AvgIpc) is 3.33. The van der Waals surface area contributed by atoms with Crippen LogP contribution >= 0.6 is 11.8 Å². The summed E-state index contributed by atoms with van der Waals surface area (Å²) < 4.78 is 72.6. The third-order valence-corrected chi connectivity index (χ3v) is 8.09. The van der Waals surface area contributed by atoms with Crippen molar-refractivity contribution < 1.29 is 22.0 Å². The van der Waals surface area contributed by atoms with Gasteiger partial charge in [-0.3, -0.25) is 9.36 Å². The molecule has 2 N–H and O–H groups in total. The molecule has 4 aromatic rings. The van der Waals surface area contributed by atoms with Crippen molar-refractivity contribution >= 4 is 11.8 Å². The molecule has 10 heteroatoms. The molecule has 0 amide bonds. The maximum Gasteiger partial charge on any atom is 0.416 e. The largest absolute Gasteiger partial charge is 0.416 e. The molecule has 0 bridgehead atoms. The van der Waals surface area contributed by atoms with E-state index in [2.05, 4.69) is 4.98 Å². The van der Waals surface area contributed by atoms with E-state index >= 15 is 0 Å². The van der Waals surface area contributed by atoms with Crippen molar-refractivity contribution in [3.63, 3.8) is 0 Å². The summed E-state index contributed by atoms with van der Waals surface area (Å²) in [4.78, 5) is 17.6. The summed E-state index contributed by atoms with van der Waals surface area (Å²) in [6, 6.07) is 13.6. The van der Waals surface area contributed by atoms with Crippen molar-refractivity contribution in [2.75, 3.05) is 5.75 Å². The molecule has 4 nitrogen and oxygen atoms in total.